The van der Waals surface area contributed by atoms with Gasteiger partial charge in [0.05, 0.1) is 14.2 Å². The van der Waals surface area contributed by atoms with Gasteiger partial charge < -0.3 is 29.8 Å². The van der Waals surface area contributed by atoms with E-state index in [-0.39, 0.29) is 11.9 Å². The van der Waals surface area contributed by atoms with Crippen molar-refractivity contribution in [2.75, 3.05) is 32.6 Å². The number of nitrogens with one attached hydrogen (secondary N) is 2. The number of hydrogen-bond donors (Lipinski definition) is 2. The number of oxime groups is 1. The Morgan fingerprint density at radius 1 is 1.09 bits per heavy atom. The Morgan fingerprint density at radius 3 is 2.54 bits per heavy atom. The fourth-order valence-electron chi connectivity index (χ4n) is 4.45. The predicted octanol–water partition coefficient (Wildman–Crippen LogP) is 3.73. The smallest absolute Gasteiger partial charge is 0.321 e. The number of aryl methyl sites for hydroxylation is 1. The highest BCUT2D eigenvalue weighted by Crippen LogP contribution is 2.35. The fraction of sp³-hybridized carbons (Fsp3) is 0.423. The molecule has 2 aromatic rings. The predicted molar refractivity (Wildman–Crippen MR) is 133 cm³/mol. The van der Waals surface area contributed by atoms with Crippen LogP contribution < -0.4 is 20.1 Å². The second-order valence-electron chi connectivity index (χ2n) is 8.79. The minimum atomic E-state index is -0.534. The van der Waals surface area contributed by atoms with Gasteiger partial charge in [0.25, 0.3) is 5.91 Å². The molecule has 1 saturated heterocycles. The maximum absolute atomic E-state index is 12.8. The minimum absolute atomic E-state index is 0.118. The number of anilines is 1. The standard InChI is InChI=1S/C26H32N4O5/c1-4-19-7-5-6-8-20(19)28-25(32)30-13-11-26(12-14-30)16-21(29-35-26)24(31)27-17-18-9-10-22(33-2)23(15-18)34-3/h5-10,15H,4,11-14,16-17H2,1-3H3,(H,27,31)(H,28,32). The number of likely N-dealkylation sites (tertiary alicyclic amines) is 1. The number of ether oxygens (including phenoxy) is 2. The largest absolute Gasteiger partial charge is 0.493 e. The fourth-order valence-corrected chi connectivity index (χ4v) is 4.45. The Morgan fingerprint density at radius 2 is 1.83 bits per heavy atom. The van der Waals surface area contributed by atoms with Crippen LogP contribution in [-0.2, 0) is 22.6 Å². The Labute approximate surface area is 205 Å². The highest BCUT2D eigenvalue weighted by Gasteiger charge is 2.44. The summed E-state index contributed by atoms with van der Waals surface area (Å²) < 4.78 is 10.6. The molecule has 0 unspecified atom stereocenters. The number of nitrogens with zero attached hydrogens (tertiary/aromatic N) is 2. The molecular formula is C26H32N4O5. The molecule has 3 amide bonds. The Kier molecular flexibility index (Phi) is 7.43. The Balaban J connectivity index is 1.27. The molecule has 4 rings (SSSR count). The summed E-state index contributed by atoms with van der Waals surface area (Å²) in [4.78, 5) is 33.0. The van der Waals surface area contributed by atoms with Gasteiger partial charge >= 0.3 is 6.03 Å². The highest BCUT2D eigenvalue weighted by atomic mass is 16.7. The van der Waals surface area contributed by atoms with Gasteiger partial charge in [-0.3, -0.25) is 4.79 Å². The van der Waals surface area contributed by atoms with Gasteiger partial charge in [-0.05, 0) is 35.7 Å². The van der Waals surface area contributed by atoms with Crippen LogP contribution in [0.5, 0.6) is 11.5 Å². The average molecular weight is 481 g/mol. The molecule has 2 aromatic carbocycles. The normalized spacial score (nSPS) is 16.3. The van der Waals surface area contributed by atoms with Crippen molar-refractivity contribution >= 4 is 23.3 Å². The van der Waals surface area contributed by atoms with E-state index < -0.39 is 5.60 Å². The molecule has 0 saturated carbocycles. The summed E-state index contributed by atoms with van der Waals surface area (Å²) >= 11 is 0. The number of benzene rings is 2. The molecule has 0 radical (unpaired) electrons. The minimum Gasteiger partial charge on any atom is -0.493 e. The summed E-state index contributed by atoms with van der Waals surface area (Å²) in [6, 6.07) is 13.2. The molecule has 9 nitrogen and oxygen atoms in total. The molecule has 35 heavy (non-hydrogen) atoms. The Hall–Kier alpha value is -3.75. The lowest BCUT2D eigenvalue weighted by Gasteiger charge is -2.37. The van der Waals surface area contributed by atoms with Crippen molar-refractivity contribution in [1.29, 1.82) is 0 Å². The van der Waals surface area contributed by atoms with Crippen LogP contribution in [0.25, 0.3) is 0 Å². The van der Waals surface area contributed by atoms with Gasteiger partial charge in [-0.15, -0.1) is 0 Å². The number of amides is 3. The summed E-state index contributed by atoms with van der Waals surface area (Å²) in [5.41, 5.74) is 2.67. The number of rotatable bonds is 7. The number of carbonyl (C=O) groups is 2. The lowest BCUT2D eigenvalue weighted by molar-refractivity contribution is -0.115. The van der Waals surface area contributed by atoms with Gasteiger partial charge in [0.2, 0.25) is 0 Å². The lowest BCUT2D eigenvalue weighted by Crippen LogP contribution is -2.48. The summed E-state index contributed by atoms with van der Waals surface area (Å²) in [6.45, 7) is 3.47. The van der Waals surface area contributed by atoms with Crippen molar-refractivity contribution in [2.24, 2.45) is 5.16 Å². The summed E-state index contributed by atoms with van der Waals surface area (Å²) in [7, 11) is 3.15. The third-order valence-corrected chi connectivity index (χ3v) is 6.60. The van der Waals surface area contributed by atoms with Crippen LogP contribution in [0, 0.1) is 0 Å². The Bertz CT molecular complexity index is 1110. The quantitative estimate of drug-likeness (QED) is 0.629. The van der Waals surface area contributed by atoms with Crippen LogP contribution >= 0.6 is 0 Å². The lowest BCUT2D eigenvalue weighted by atomic mass is 9.87. The molecule has 0 atom stereocenters. The van der Waals surface area contributed by atoms with Crippen molar-refractivity contribution in [3.8, 4) is 11.5 Å². The first-order chi connectivity index (χ1) is 17.0. The first-order valence-corrected chi connectivity index (χ1v) is 11.8. The van der Waals surface area contributed by atoms with Gasteiger partial charge in [-0.1, -0.05) is 36.3 Å². The highest BCUT2D eigenvalue weighted by molar-refractivity contribution is 6.39. The monoisotopic (exact) mass is 480 g/mol. The maximum Gasteiger partial charge on any atom is 0.321 e. The van der Waals surface area contributed by atoms with Crippen LogP contribution in [0.15, 0.2) is 47.6 Å². The number of piperidine rings is 1. The van der Waals surface area contributed by atoms with Gasteiger partial charge in [0, 0.05) is 44.6 Å². The van der Waals surface area contributed by atoms with E-state index >= 15 is 0 Å². The topological polar surface area (TPSA) is 101 Å². The number of para-hydroxylation sites is 1. The maximum atomic E-state index is 12.8. The summed E-state index contributed by atoms with van der Waals surface area (Å²) in [6.07, 6.45) is 2.51. The van der Waals surface area contributed by atoms with Gasteiger partial charge in [-0.25, -0.2) is 4.79 Å². The van der Waals surface area contributed by atoms with Crippen LogP contribution in [0.2, 0.25) is 0 Å². The number of carbonyl (C=O) groups excluding carboxylic acids is 2. The summed E-state index contributed by atoms with van der Waals surface area (Å²) in [5.74, 6) is 0.981. The van der Waals surface area contributed by atoms with E-state index in [1.807, 2.05) is 36.4 Å². The van der Waals surface area contributed by atoms with Crippen LogP contribution in [0.4, 0.5) is 10.5 Å². The zero-order chi connectivity index (χ0) is 24.8. The van der Waals surface area contributed by atoms with E-state index in [1.165, 1.54) is 0 Å². The molecule has 0 aliphatic carbocycles. The molecule has 1 spiro atoms. The second-order valence-corrected chi connectivity index (χ2v) is 8.79. The first-order valence-electron chi connectivity index (χ1n) is 11.8. The van der Waals surface area contributed by atoms with Gasteiger partial charge in [0.1, 0.15) is 11.3 Å². The third-order valence-electron chi connectivity index (χ3n) is 6.60. The average Bonchev–Trinajstić information content (AvgIpc) is 3.31. The van der Waals surface area contributed by atoms with Crippen molar-refractivity contribution in [2.45, 2.75) is 44.8 Å². The number of hydrogen-bond acceptors (Lipinski definition) is 6. The van der Waals surface area contributed by atoms with Crippen LogP contribution in [-0.4, -0.2) is 55.5 Å². The van der Waals surface area contributed by atoms with E-state index in [0.717, 1.165) is 23.2 Å². The zero-order valence-electron chi connectivity index (χ0n) is 20.4. The molecule has 2 heterocycles. The number of methoxy groups -OCH3 is 2. The van der Waals surface area contributed by atoms with Gasteiger partial charge in [0.15, 0.2) is 11.5 Å². The van der Waals surface area contributed by atoms with Crippen LogP contribution in [0.3, 0.4) is 0 Å². The summed E-state index contributed by atoms with van der Waals surface area (Å²) in [5, 5.41) is 10.0. The van der Waals surface area contributed by atoms with E-state index in [0.29, 0.717) is 56.1 Å². The van der Waals surface area contributed by atoms with Gasteiger partial charge in [-0.2, -0.15) is 0 Å². The molecule has 9 heteroatoms. The SMILES string of the molecule is CCc1ccccc1NC(=O)N1CCC2(CC1)CC(C(=O)NCc1ccc(OC)c(OC)c1)=NO2. The molecule has 1 fully saturated rings. The first kappa shape index (κ1) is 24.4. The van der Waals surface area contributed by atoms with E-state index in [2.05, 4.69) is 22.7 Å². The van der Waals surface area contributed by atoms with Crippen molar-refractivity contribution in [3.05, 3.63) is 53.6 Å². The molecule has 2 aliphatic heterocycles. The molecule has 186 valence electrons. The van der Waals surface area contributed by atoms with Crippen molar-refractivity contribution in [3.63, 3.8) is 0 Å². The zero-order valence-corrected chi connectivity index (χ0v) is 20.4. The molecular weight excluding hydrogens is 448 g/mol. The number of urea groups is 1. The molecule has 0 bridgehead atoms. The van der Waals surface area contributed by atoms with Crippen LogP contribution in [0.1, 0.15) is 37.3 Å². The second kappa shape index (κ2) is 10.7. The molecule has 2 aliphatic rings. The van der Waals surface area contributed by atoms with E-state index in [1.54, 1.807) is 25.2 Å². The molecule has 2 N–H and O–H groups in total. The molecule has 0 aromatic heterocycles. The van der Waals surface area contributed by atoms with Crippen molar-refractivity contribution < 1.29 is 23.9 Å². The third kappa shape index (κ3) is 5.50. The van der Waals surface area contributed by atoms with E-state index in [4.69, 9.17) is 14.3 Å². The van der Waals surface area contributed by atoms with E-state index in [9.17, 15) is 9.59 Å². The van der Waals surface area contributed by atoms with Crippen molar-refractivity contribution in [1.82, 2.24) is 10.2 Å².